The van der Waals surface area contributed by atoms with E-state index in [1.165, 1.54) is 0 Å². The Hall–Kier alpha value is -1.55. The Kier molecular flexibility index (Phi) is 5.16. The van der Waals surface area contributed by atoms with Crippen molar-refractivity contribution in [3.8, 4) is 5.75 Å². The molecule has 0 heterocycles. The fourth-order valence-electron chi connectivity index (χ4n) is 1.33. The fourth-order valence-corrected chi connectivity index (χ4v) is 2.13. The maximum Gasteiger partial charge on any atom is 0.244 e. The molecule has 98 valence electrons. The zero-order chi connectivity index (χ0) is 13.6. The summed E-state index contributed by atoms with van der Waals surface area (Å²) < 4.78 is 11.0. The van der Waals surface area contributed by atoms with Crippen LogP contribution in [-0.2, 0) is 4.43 Å². The van der Waals surface area contributed by atoms with Gasteiger partial charge in [0.05, 0.1) is 7.11 Å². The Morgan fingerprint density at radius 2 is 2.00 bits per heavy atom. The van der Waals surface area contributed by atoms with Crippen LogP contribution >= 0.6 is 0 Å². The first-order valence-corrected chi connectivity index (χ1v) is 9.39. The molecule has 0 unspecified atom stereocenters. The van der Waals surface area contributed by atoms with Crippen LogP contribution in [0.3, 0.4) is 0 Å². The minimum absolute atomic E-state index is 0.678. The van der Waals surface area contributed by atoms with Gasteiger partial charge in [0, 0.05) is 6.21 Å². The van der Waals surface area contributed by atoms with Crippen molar-refractivity contribution >= 4 is 14.5 Å². The van der Waals surface area contributed by atoms with E-state index in [9.17, 15) is 0 Å². The molecule has 0 aromatic heterocycles. The smallest absolute Gasteiger partial charge is 0.244 e. The lowest BCUT2D eigenvalue weighted by Crippen LogP contribution is -2.24. The van der Waals surface area contributed by atoms with E-state index >= 15 is 0 Å². The van der Waals surface area contributed by atoms with E-state index in [1.54, 1.807) is 13.3 Å². The van der Waals surface area contributed by atoms with Gasteiger partial charge in [0.2, 0.25) is 8.32 Å². The first-order valence-electron chi connectivity index (χ1n) is 5.98. The van der Waals surface area contributed by atoms with E-state index in [0.29, 0.717) is 5.88 Å². The van der Waals surface area contributed by atoms with Crippen LogP contribution in [0, 0.1) is 0 Å². The minimum atomic E-state index is -1.60. The molecule has 0 aliphatic rings. The van der Waals surface area contributed by atoms with E-state index in [0.717, 1.165) is 11.3 Å². The number of rotatable bonds is 5. The van der Waals surface area contributed by atoms with Crippen LogP contribution in [0.2, 0.25) is 19.6 Å². The van der Waals surface area contributed by atoms with Gasteiger partial charge in [-0.2, -0.15) is 0 Å². The van der Waals surface area contributed by atoms with Crippen molar-refractivity contribution in [2.45, 2.75) is 26.6 Å². The molecule has 1 aromatic rings. The van der Waals surface area contributed by atoms with E-state index < -0.39 is 8.32 Å². The molecule has 0 atom stereocenters. The molecule has 3 nitrogen and oxygen atoms in total. The second-order valence-electron chi connectivity index (χ2n) is 4.88. The van der Waals surface area contributed by atoms with Crippen molar-refractivity contribution < 1.29 is 9.16 Å². The summed E-state index contributed by atoms with van der Waals surface area (Å²) in [5.41, 5.74) is 0.993. The second-order valence-corrected chi connectivity index (χ2v) is 9.31. The fraction of sp³-hybridized carbons (Fsp3) is 0.357. The summed E-state index contributed by atoms with van der Waals surface area (Å²) >= 11 is 0. The van der Waals surface area contributed by atoms with Crippen molar-refractivity contribution in [3.63, 3.8) is 0 Å². The average molecular weight is 263 g/mol. The largest absolute Gasteiger partial charge is 0.532 e. The number of ether oxygens (including phenoxy) is 1. The van der Waals surface area contributed by atoms with Crippen molar-refractivity contribution in [3.05, 3.63) is 41.8 Å². The summed E-state index contributed by atoms with van der Waals surface area (Å²) in [6.45, 7) is 8.34. The highest BCUT2D eigenvalue weighted by Crippen LogP contribution is 2.13. The van der Waals surface area contributed by atoms with Crippen LogP contribution in [0.25, 0.3) is 0 Å². The average Bonchev–Trinajstić information content (AvgIpc) is 2.33. The molecule has 0 N–H and O–H groups in total. The number of hydrogen-bond donors (Lipinski definition) is 0. The maximum absolute atomic E-state index is 5.84. The summed E-state index contributed by atoms with van der Waals surface area (Å²) in [6.07, 6.45) is 3.67. The highest BCUT2D eigenvalue weighted by molar-refractivity contribution is 6.70. The lowest BCUT2D eigenvalue weighted by molar-refractivity contribution is 0.414. The first kappa shape index (κ1) is 14.5. The highest BCUT2D eigenvalue weighted by atomic mass is 28.4. The van der Waals surface area contributed by atoms with Crippen LogP contribution < -0.4 is 4.74 Å². The predicted molar refractivity (Wildman–Crippen MR) is 78.8 cm³/mol. The normalized spacial score (nSPS) is 12.8. The number of benzene rings is 1. The zero-order valence-electron chi connectivity index (χ0n) is 11.7. The Balaban J connectivity index is 2.78. The molecule has 0 radical (unpaired) electrons. The molecule has 0 fully saturated rings. The Morgan fingerprint density at radius 3 is 2.56 bits per heavy atom. The van der Waals surface area contributed by atoms with Gasteiger partial charge < -0.3 is 9.16 Å². The zero-order valence-corrected chi connectivity index (χ0v) is 12.7. The van der Waals surface area contributed by atoms with Crippen molar-refractivity contribution in [2.75, 3.05) is 7.11 Å². The van der Waals surface area contributed by atoms with Gasteiger partial charge in [-0.15, -0.1) is 0 Å². The Bertz CT molecular complexity index is 447. The molecule has 0 aliphatic carbocycles. The van der Waals surface area contributed by atoms with Crippen molar-refractivity contribution in [1.29, 1.82) is 0 Å². The summed E-state index contributed by atoms with van der Waals surface area (Å²) in [4.78, 5) is 4.37. The van der Waals surface area contributed by atoms with E-state index in [-0.39, 0.29) is 0 Å². The van der Waals surface area contributed by atoms with Gasteiger partial charge in [-0.3, -0.25) is 0 Å². The summed E-state index contributed by atoms with van der Waals surface area (Å²) in [5.74, 6) is 1.50. The summed E-state index contributed by atoms with van der Waals surface area (Å²) in [6, 6.07) is 7.76. The van der Waals surface area contributed by atoms with Crippen LogP contribution in [0.5, 0.6) is 5.75 Å². The van der Waals surface area contributed by atoms with Crippen LogP contribution in [0.15, 0.2) is 41.2 Å². The number of hydrogen-bond acceptors (Lipinski definition) is 3. The molecular weight excluding hydrogens is 242 g/mol. The van der Waals surface area contributed by atoms with Crippen LogP contribution in [0.1, 0.15) is 12.5 Å². The minimum Gasteiger partial charge on any atom is -0.532 e. The molecule has 1 aromatic carbocycles. The Morgan fingerprint density at radius 1 is 1.28 bits per heavy atom. The third kappa shape index (κ3) is 5.18. The molecule has 0 saturated carbocycles. The molecule has 1 rings (SSSR count). The first-order chi connectivity index (χ1) is 8.44. The van der Waals surface area contributed by atoms with E-state index in [1.807, 2.05) is 37.3 Å². The third-order valence-electron chi connectivity index (χ3n) is 2.09. The standard InChI is InChI=1S/C14H21NO2Si/c1-6-14(17-18(3,4)5)15-11-12-8-7-9-13(10-12)16-2/h6-11H,1-5H3. The lowest BCUT2D eigenvalue weighted by atomic mass is 10.2. The number of nitrogens with zero attached hydrogens (tertiary/aromatic N) is 1. The van der Waals surface area contributed by atoms with Crippen LogP contribution in [-0.4, -0.2) is 21.6 Å². The molecule has 0 aliphatic heterocycles. The summed E-state index contributed by atoms with van der Waals surface area (Å²) in [7, 11) is 0.0507. The monoisotopic (exact) mass is 263 g/mol. The van der Waals surface area contributed by atoms with E-state index in [2.05, 4.69) is 24.6 Å². The topological polar surface area (TPSA) is 30.8 Å². The van der Waals surface area contributed by atoms with Crippen molar-refractivity contribution in [2.24, 2.45) is 4.99 Å². The molecule has 4 heteroatoms. The quantitative estimate of drug-likeness (QED) is 0.459. The number of allylic oxidation sites excluding steroid dienone is 1. The maximum atomic E-state index is 5.84. The molecule has 18 heavy (non-hydrogen) atoms. The van der Waals surface area contributed by atoms with Gasteiger partial charge >= 0.3 is 0 Å². The van der Waals surface area contributed by atoms with Crippen LogP contribution in [0.4, 0.5) is 0 Å². The highest BCUT2D eigenvalue weighted by Gasteiger charge is 2.16. The molecule has 0 saturated heterocycles. The number of methoxy groups -OCH3 is 1. The molecule has 0 spiro atoms. The number of aliphatic imine (C=N–C) groups is 1. The third-order valence-corrected chi connectivity index (χ3v) is 2.91. The molecule has 0 amide bonds. The Labute approximate surface area is 110 Å². The predicted octanol–water partition coefficient (Wildman–Crippen LogP) is 3.83. The van der Waals surface area contributed by atoms with Gasteiger partial charge in [0.1, 0.15) is 5.75 Å². The van der Waals surface area contributed by atoms with Gasteiger partial charge in [0.25, 0.3) is 0 Å². The van der Waals surface area contributed by atoms with Gasteiger partial charge in [-0.1, -0.05) is 12.1 Å². The van der Waals surface area contributed by atoms with Gasteiger partial charge in [-0.25, -0.2) is 4.99 Å². The second kappa shape index (κ2) is 6.40. The lowest BCUT2D eigenvalue weighted by Gasteiger charge is -2.18. The van der Waals surface area contributed by atoms with Gasteiger partial charge in [-0.05, 0) is 50.3 Å². The SMILES string of the molecule is CC=C(N=Cc1cccc(OC)c1)O[Si](C)(C)C. The molecule has 0 bridgehead atoms. The van der Waals surface area contributed by atoms with Crippen molar-refractivity contribution in [1.82, 2.24) is 0 Å². The van der Waals surface area contributed by atoms with Gasteiger partial charge in [0.15, 0.2) is 5.88 Å². The molecular formula is C14H21NO2Si. The van der Waals surface area contributed by atoms with E-state index in [4.69, 9.17) is 9.16 Å². The summed E-state index contributed by atoms with van der Waals surface area (Å²) in [5, 5.41) is 0.